The summed E-state index contributed by atoms with van der Waals surface area (Å²) < 4.78 is 5.38. The summed E-state index contributed by atoms with van der Waals surface area (Å²) in [6, 6.07) is 0.261. The summed E-state index contributed by atoms with van der Waals surface area (Å²) in [5.41, 5.74) is 6.19. The van der Waals surface area contributed by atoms with Gasteiger partial charge >= 0.3 is 6.09 Å². The molecule has 0 aliphatic carbocycles. The summed E-state index contributed by atoms with van der Waals surface area (Å²) in [5, 5.41) is 0. The lowest BCUT2D eigenvalue weighted by Gasteiger charge is -2.32. The molecule has 5 heteroatoms. The van der Waals surface area contributed by atoms with E-state index in [1.807, 2.05) is 27.0 Å². The van der Waals surface area contributed by atoms with Gasteiger partial charge in [0.15, 0.2) is 0 Å². The second-order valence-corrected chi connectivity index (χ2v) is 6.80. The van der Waals surface area contributed by atoms with Crippen LogP contribution in [-0.4, -0.2) is 41.9 Å². The van der Waals surface area contributed by atoms with Crippen molar-refractivity contribution in [1.82, 2.24) is 4.90 Å². The summed E-state index contributed by atoms with van der Waals surface area (Å²) in [6.07, 6.45) is 4.99. The topological polar surface area (TPSA) is 67.9 Å². The molecule has 0 aromatic carbocycles. The predicted molar refractivity (Wildman–Crippen MR) is 86.4 cm³/mol. The highest BCUT2D eigenvalue weighted by Gasteiger charge is 2.26. The summed E-state index contributed by atoms with van der Waals surface area (Å²) in [6.45, 7) is 11.2. The van der Waals surface area contributed by atoms with E-state index in [2.05, 4.69) is 18.8 Å². The molecule has 0 atom stereocenters. The van der Waals surface area contributed by atoms with Crippen LogP contribution in [0, 0.1) is 5.92 Å². The molecule has 5 nitrogen and oxygen atoms in total. The fourth-order valence-electron chi connectivity index (χ4n) is 2.10. The number of rotatable bonds is 3. The first kappa shape index (κ1) is 17.5. The van der Waals surface area contributed by atoms with E-state index in [-0.39, 0.29) is 12.1 Å². The molecule has 2 N–H and O–H groups in total. The molecule has 1 fully saturated rings. The minimum absolute atomic E-state index is 0.227. The third-order valence-electron chi connectivity index (χ3n) is 3.41. The standard InChI is InChI=1S/C16H29N3O2/c1-12(2)13(10-17)11-18-14-6-8-19(9-7-14)15(20)21-16(3,4)5/h10-12,14H,6-9,17H2,1-5H3/b13-10+,18-11?. The second kappa shape index (κ2) is 7.48. The van der Waals surface area contributed by atoms with Gasteiger partial charge in [0.25, 0.3) is 0 Å². The zero-order chi connectivity index (χ0) is 16.0. The van der Waals surface area contributed by atoms with Crippen molar-refractivity contribution in [3.05, 3.63) is 11.8 Å². The number of aliphatic imine (C=N–C) groups is 1. The first-order valence-electron chi connectivity index (χ1n) is 7.66. The van der Waals surface area contributed by atoms with Crippen LogP contribution in [0.3, 0.4) is 0 Å². The molecule has 0 bridgehead atoms. The maximum Gasteiger partial charge on any atom is 0.410 e. The van der Waals surface area contributed by atoms with Crippen LogP contribution >= 0.6 is 0 Å². The van der Waals surface area contributed by atoms with Gasteiger partial charge in [0.1, 0.15) is 5.60 Å². The van der Waals surface area contributed by atoms with Crippen molar-refractivity contribution in [2.45, 2.75) is 59.1 Å². The number of likely N-dealkylation sites (tertiary alicyclic amines) is 1. The van der Waals surface area contributed by atoms with Crippen molar-refractivity contribution >= 4 is 12.3 Å². The first-order valence-corrected chi connectivity index (χ1v) is 7.66. The third kappa shape index (κ3) is 6.19. The Morgan fingerprint density at radius 3 is 2.33 bits per heavy atom. The molecular formula is C16H29N3O2. The Morgan fingerprint density at radius 1 is 1.33 bits per heavy atom. The number of amides is 1. The van der Waals surface area contributed by atoms with E-state index < -0.39 is 5.60 Å². The summed E-state index contributed by atoms with van der Waals surface area (Å²) in [7, 11) is 0. The van der Waals surface area contributed by atoms with Gasteiger partial charge < -0.3 is 15.4 Å². The van der Waals surface area contributed by atoms with Gasteiger partial charge in [-0.3, -0.25) is 4.99 Å². The molecule has 0 spiro atoms. The van der Waals surface area contributed by atoms with Crippen molar-refractivity contribution in [3.8, 4) is 0 Å². The van der Waals surface area contributed by atoms with E-state index in [0.717, 1.165) is 18.4 Å². The minimum atomic E-state index is -0.440. The Bertz CT molecular complexity index is 400. The molecule has 1 rings (SSSR count). The zero-order valence-electron chi connectivity index (χ0n) is 13.9. The average molecular weight is 295 g/mol. The summed E-state index contributed by atoms with van der Waals surface area (Å²) in [5.74, 6) is 0.376. The van der Waals surface area contributed by atoms with E-state index >= 15 is 0 Å². The van der Waals surface area contributed by atoms with Crippen LogP contribution in [0.2, 0.25) is 0 Å². The zero-order valence-corrected chi connectivity index (χ0v) is 13.9. The molecule has 1 saturated heterocycles. The first-order chi connectivity index (χ1) is 9.73. The average Bonchev–Trinajstić information content (AvgIpc) is 2.37. The largest absolute Gasteiger partial charge is 0.444 e. The Morgan fingerprint density at radius 2 is 1.90 bits per heavy atom. The summed E-state index contributed by atoms with van der Waals surface area (Å²) in [4.78, 5) is 18.3. The van der Waals surface area contributed by atoms with Crippen molar-refractivity contribution in [2.75, 3.05) is 13.1 Å². The highest BCUT2D eigenvalue weighted by Crippen LogP contribution is 2.17. The predicted octanol–water partition coefficient (Wildman–Crippen LogP) is 2.96. The number of allylic oxidation sites excluding steroid dienone is 1. The fourth-order valence-corrected chi connectivity index (χ4v) is 2.10. The number of ether oxygens (including phenoxy) is 1. The molecule has 0 radical (unpaired) electrons. The Kier molecular flexibility index (Phi) is 6.24. The van der Waals surface area contributed by atoms with Gasteiger partial charge in [0.05, 0.1) is 6.04 Å². The maximum atomic E-state index is 12.0. The Labute approximate surface area is 128 Å². The lowest BCUT2D eigenvalue weighted by atomic mass is 10.0. The van der Waals surface area contributed by atoms with E-state index in [4.69, 9.17) is 10.5 Å². The number of piperidine rings is 1. The van der Waals surface area contributed by atoms with Crippen molar-refractivity contribution in [2.24, 2.45) is 16.6 Å². The molecule has 0 aromatic rings. The van der Waals surface area contributed by atoms with Crippen molar-refractivity contribution in [1.29, 1.82) is 0 Å². The smallest absolute Gasteiger partial charge is 0.410 e. The molecular weight excluding hydrogens is 266 g/mol. The van der Waals surface area contributed by atoms with Crippen LogP contribution in [-0.2, 0) is 4.74 Å². The molecule has 1 amide bonds. The SMILES string of the molecule is CC(C)/C(C=NC1CCN(C(=O)OC(C)(C)C)CC1)=C/N. The summed E-state index contributed by atoms with van der Waals surface area (Å²) >= 11 is 0. The lowest BCUT2D eigenvalue weighted by molar-refractivity contribution is 0.0207. The highest BCUT2D eigenvalue weighted by atomic mass is 16.6. The lowest BCUT2D eigenvalue weighted by Crippen LogP contribution is -2.42. The van der Waals surface area contributed by atoms with Gasteiger partial charge in [-0.15, -0.1) is 0 Å². The number of carbonyl (C=O) groups excluding carboxylic acids is 1. The molecule has 1 heterocycles. The van der Waals surface area contributed by atoms with Crippen LogP contribution in [0.25, 0.3) is 0 Å². The molecule has 1 aliphatic heterocycles. The second-order valence-electron chi connectivity index (χ2n) is 6.80. The fraction of sp³-hybridized carbons (Fsp3) is 0.750. The quantitative estimate of drug-likeness (QED) is 0.814. The Balaban J connectivity index is 2.46. The van der Waals surface area contributed by atoms with Crippen LogP contribution < -0.4 is 5.73 Å². The number of carbonyl (C=O) groups is 1. The number of hydrogen-bond acceptors (Lipinski definition) is 4. The molecule has 21 heavy (non-hydrogen) atoms. The van der Waals surface area contributed by atoms with Gasteiger partial charge in [-0.2, -0.15) is 0 Å². The monoisotopic (exact) mass is 295 g/mol. The van der Waals surface area contributed by atoms with Crippen LogP contribution in [0.1, 0.15) is 47.5 Å². The van der Waals surface area contributed by atoms with Crippen LogP contribution in [0.15, 0.2) is 16.8 Å². The minimum Gasteiger partial charge on any atom is -0.444 e. The third-order valence-corrected chi connectivity index (χ3v) is 3.41. The highest BCUT2D eigenvalue weighted by molar-refractivity contribution is 5.79. The van der Waals surface area contributed by atoms with Crippen molar-refractivity contribution in [3.63, 3.8) is 0 Å². The number of hydrogen-bond donors (Lipinski definition) is 1. The molecule has 0 saturated carbocycles. The number of nitrogens with two attached hydrogens (primary N) is 1. The molecule has 120 valence electrons. The van der Waals surface area contributed by atoms with Crippen LogP contribution in [0.5, 0.6) is 0 Å². The Hall–Kier alpha value is -1.52. The van der Waals surface area contributed by atoms with Gasteiger partial charge in [-0.1, -0.05) is 13.8 Å². The van der Waals surface area contributed by atoms with Gasteiger partial charge in [0.2, 0.25) is 0 Å². The van der Waals surface area contributed by atoms with Crippen molar-refractivity contribution < 1.29 is 9.53 Å². The van der Waals surface area contributed by atoms with E-state index in [1.165, 1.54) is 0 Å². The molecule has 1 aliphatic rings. The molecule has 0 unspecified atom stereocenters. The number of nitrogens with zero attached hydrogens (tertiary/aromatic N) is 2. The van der Waals surface area contributed by atoms with E-state index in [9.17, 15) is 4.79 Å². The van der Waals surface area contributed by atoms with Gasteiger partial charge in [-0.05, 0) is 51.3 Å². The maximum absolute atomic E-state index is 12.0. The van der Waals surface area contributed by atoms with Gasteiger partial charge in [-0.25, -0.2) is 4.79 Å². The van der Waals surface area contributed by atoms with E-state index in [0.29, 0.717) is 19.0 Å². The molecule has 0 aromatic heterocycles. The van der Waals surface area contributed by atoms with Gasteiger partial charge in [0, 0.05) is 19.3 Å². The van der Waals surface area contributed by atoms with Crippen LogP contribution in [0.4, 0.5) is 4.79 Å². The van der Waals surface area contributed by atoms with E-state index in [1.54, 1.807) is 11.1 Å². The normalized spacial score (nSPS) is 18.6.